The fourth-order valence-electron chi connectivity index (χ4n) is 3.07. The first-order valence-corrected chi connectivity index (χ1v) is 12.2. The zero-order chi connectivity index (χ0) is 26.2. The largest absolute Gasteiger partial charge is 0.497 e. The van der Waals surface area contributed by atoms with E-state index in [9.17, 15) is 19.2 Å². The van der Waals surface area contributed by atoms with Crippen molar-refractivity contribution >= 4 is 62.5 Å². The van der Waals surface area contributed by atoms with Gasteiger partial charge in [0, 0.05) is 5.69 Å². The molecule has 3 amide bonds. The van der Waals surface area contributed by atoms with Crippen LogP contribution in [0, 0.1) is 0 Å². The van der Waals surface area contributed by atoms with E-state index in [0.29, 0.717) is 39.6 Å². The van der Waals surface area contributed by atoms with E-state index in [1.54, 1.807) is 43.3 Å². The summed E-state index contributed by atoms with van der Waals surface area (Å²) in [6, 6.07) is 9.93. The number of hydrogen-bond acceptors (Lipinski definition) is 9. The van der Waals surface area contributed by atoms with E-state index in [1.807, 2.05) is 0 Å². The van der Waals surface area contributed by atoms with Crippen LogP contribution in [0.25, 0.3) is 6.08 Å². The first-order chi connectivity index (χ1) is 17.2. The molecule has 0 saturated carbocycles. The monoisotopic (exact) mass is 578 g/mol. The molecule has 1 heterocycles. The lowest BCUT2D eigenvalue weighted by molar-refractivity contribution is -0.143. The number of carbonyl (C=O) groups excluding carboxylic acids is 4. The number of esters is 1. The van der Waals surface area contributed by atoms with Crippen molar-refractivity contribution in [1.82, 2.24) is 4.90 Å². The number of halogens is 1. The van der Waals surface area contributed by atoms with Gasteiger partial charge in [-0.05, 0) is 82.7 Å². The Kier molecular flexibility index (Phi) is 9.37. The molecular formula is C24H23BrN2O8S. The zero-order valence-corrected chi connectivity index (χ0v) is 22.1. The number of nitrogens with one attached hydrogen (secondary N) is 1. The molecule has 1 N–H and O–H groups in total. The number of nitrogens with zero attached hydrogens (tertiary/aromatic N) is 1. The number of rotatable bonds is 10. The minimum absolute atomic E-state index is 0.148. The van der Waals surface area contributed by atoms with E-state index in [-0.39, 0.29) is 11.5 Å². The number of imide groups is 1. The van der Waals surface area contributed by atoms with Crippen molar-refractivity contribution < 1.29 is 38.1 Å². The van der Waals surface area contributed by atoms with Crippen LogP contribution in [0.4, 0.5) is 10.5 Å². The minimum Gasteiger partial charge on any atom is -0.497 e. The summed E-state index contributed by atoms with van der Waals surface area (Å²) in [5, 5.41) is 2.09. The lowest BCUT2D eigenvalue weighted by atomic mass is 10.2. The molecule has 0 atom stereocenters. The Balaban J connectivity index is 1.74. The fourth-order valence-corrected chi connectivity index (χ4v) is 4.48. The maximum absolute atomic E-state index is 12.9. The molecule has 1 aliphatic rings. The average molecular weight is 579 g/mol. The summed E-state index contributed by atoms with van der Waals surface area (Å²) in [7, 11) is 2.79. The molecule has 0 spiro atoms. The number of ether oxygens (including phenoxy) is 4. The molecule has 0 aliphatic carbocycles. The van der Waals surface area contributed by atoms with E-state index in [1.165, 1.54) is 20.3 Å². The summed E-state index contributed by atoms with van der Waals surface area (Å²) in [4.78, 5) is 50.2. The summed E-state index contributed by atoms with van der Waals surface area (Å²) in [6.45, 7) is 1.37. The highest BCUT2D eigenvalue weighted by atomic mass is 79.9. The normalized spacial score (nSPS) is 14.1. The van der Waals surface area contributed by atoms with Crippen LogP contribution in [-0.4, -0.2) is 61.9 Å². The Morgan fingerprint density at radius 2 is 1.83 bits per heavy atom. The standard InChI is InChI=1S/C24H23BrN2O8S/c1-4-34-18-10-14(9-17(25)22(18)35-13-21(29)33-3)11-19-23(30)27(24(31)36-19)12-20(28)26-15-5-7-16(32-2)8-6-15/h5-11H,4,12-13H2,1-3H3,(H,26,28)/b19-11-. The lowest BCUT2D eigenvalue weighted by Crippen LogP contribution is -2.36. The molecule has 1 saturated heterocycles. The van der Waals surface area contributed by atoms with Crippen LogP contribution in [0.3, 0.4) is 0 Å². The van der Waals surface area contributed by atoms with Crippen LogP contribution < -0.4 is 19.5 Å². The Bertz CT molecular complexity index is 1200. The number of methoxy groups -OCH3 is 2. The summed E-state index contributed by atoms with van der Waals surface area (Å²) in [5.74, 6) is -0.403. The van der Waals surface area contributed by atoms with Crippen LogP contribution in [0.2, 0.25) is 0 Å². The van der Waals surface area contributed by atoms with Gasteiger partial charge in [-0.3, -0.25) is 19.3 Å². The highest BCUT2D eigenvalue weighted by molar-refractivity contribution is 9.10. The molecule has 1 aliphatic heterocycles. The van der Waals surface area contributed by atoms with Gasteiger partial charge in [-0.1, -0.05) is 0 Å². The molecule has 2 aromatic carbocycles. The van der Waals surface area contributed by atoms with Crippen LogP contribution in [0.5, 0.6) is 17.2 Å². The number of hydrogen-bond donors (Lipinski definition) is 1. The number of carbonyl (C=O) groups is 4. The molecule has 0 aromatic heterocycles. The molecule has 10 nitrogen and oxygen atoms in total. The zero-order valence-electron chi connectivity index (χ0n) is 19.7. The van der Waals surface area contributed by atoms with Crippen molar-refractivity contribution in [3.63, 3.8) is 0 Å². The third kappa shape index (κ3) is 6.79. The van der Waals surface area contributed by atoms with Crippen LogP contribution >= 0.6 is 27.7 Å². The number of benzene rings is 2. The number of thioether (sulfide) groups is 1. The van der Waals surface area contributed by atoms with Gasteiger partial charge in [-0.15, -0.1) is 0 Å². The van der Waals surface area contributed by atoms with Crippen molar-refractivity contribution in [1.29, 1.82) is 0 Å². The van der Waals surface area contributed by atoms with Crippen molar-refractivity contribution in [3.8, 4) is 17.2 Å². The predicted molar refractivity (Wildman–Crippen MR) is 137 cm³/mol. The molecule has 2 aromatic rings. The van der Waals surface area contributed by atoms with Gasteiger partial charge in [-0.25, -0.2) is 4.79 Å². The maximum atomic E-state index is 12.9. The van der Waals surface area contributed by atoms with Crippen molar-refractivity contribution in [2.75, 3.05) is 39.3 Å². The summed E-state index contributed by atoms with van der Waals surface area (Å²) >= 11 is 4.12. The summed E-state index contributed by atoms with van der Waals surface area (Å²) < 4.78 is 21.3. The van der Waals surface area contributed by atoms with Gasteiger partial charge in [0.05, 0.1) is 30.2 Å². The second-order valence-corrected chi connectivity index (χ2v) is 9.02. The third-order valence-corrected chi connectivity index (χ3v) is 6.24. The molecule has 0 bridgehead atoms. The quantitative estimate of drug-likeness (QED) is 0.328. The molecular weight excluding hydrogens is 556 g/mol. The summed E-state index contributed by atoms with van der Waals surface area (Å²) in [6.07, 6.45) is 1.52. The van der Waals surface area contributed by atoms with Gasteiger partial charge in [0.1, 0.15) is 12.3 Å². The summed E-state index contributed by atoms with van der Waals surface area (Å²) in [5.41, 5.74) is 1.05. The highest BCUT2D eigenvalue weighted by Crippen LogP contribution is 2.39. The average Bonchev–Trinajstić information content (AvgIpc) is 3.11. The van der Waals surface area contributed by atoms with E-state index in [4.69, 9.17) is 14.2 Å². The molecule has 0 unspecified atom stereocenters. The first kappa shape index (κ1) is 27.1. The van der Waals surface area contributed by atoms with E-state index in [2.05, 4.69) is 26.0 Å². The van der Waals surface area contributed by atoms with Crippen LogP contribution in [0.15, 0.2) is 45.8 Å². The van der Waals surface area contributed by atoms with Crippen molar-refractivity contribution in [2.45, 2.75) is 6.92 Å². The Labute approximate surface area is 220 Å². The van der Waals surface area contributed by atoms with Crippen molar-refractivity contribution in [3.05, 3.63) is 51.3 Å². The Hall–Kier alpha value is -3.51. The molecule has 3 rings (SSSR count). The van der Waals surface area contributed by atoms with Gasteiger partial charge < -0.3 is 24.3 Å². The Morgan fingerprint density at radius 1 is 1.11 bits per heavy atom. The lowest BCUT2D eigenvalue weighted by Gasteiger charge is -2.14. The van der Waals surface area contributed by atoms with Gasteiger partial charge in [0.2, 0.25) is 5.91 Å². The minimum atomic E-state index is -0.588. The molecule has 1 fully saturated rings. The topological polar surface area (TPSA) is 120 Å². The van der Waals surface area contributed by atoms with Gasteiger partial charge in [0.15, 0.2) is 18.1 Å². The molecule has 36 heavy (non-hydrogen) atoms. The number of amides is 3. The van der Waals surface area contributed by atoms with Crippen LogP contribution in [-0.2, 0) is 19.1 Å². The smallest absolute Gasteiger partial charge is 0.343 e. The predicted octanol–water partition coefficient (Wildman–Crippen LogP) is 4.08. The van der Waals surface area contributed by atoms with Gasteiger partial charge in [-0.2, -0.15) is 0 Å². The molecule has 12 heteroatoms. The fraction of sp³-hybridized carbons (Fsp3) is 0.250. The highest BCUT2D eigenvalue weighted by Gasteiger charge is 2.36. The van der Waals surface area contributed by atoms with Crippen LogP contribution in [0.1, 0.15) is 12.5 Å². The van der Waals surface area contributed by atoms with Gasteiger partial charge >= 0.3 is 5.97 Å². The third-order valence-electron chi connectivity index (χ3n) is 4.74. The Morgan fingerprint density at radius 3 is 2.47 bits per heavy atom. The second kappa shape index (κ2) is 12.5. The van der Waals surface area contributed by atoms with E-state index < -0.39 is 29.6 Å². The first-order valence-electron chi connectivity index (χ1n) is 10.6. The second-order valence-electron chi connectivity index (χ2n) is 7.17. The molecule has 0 radical (unpaired) electrons. The number of anilines is 1. The van der Waals surface area contributed by atoms with Crippen molar-refractivity contribution in [2.24, 2.45) is 0 Å². The van der Waals surface area contributed by atoms with E-state index >= 15 is 0 Å². The maximum Gasteiger partial charge on any atom is 0.343 e. The van der Waals surface area contributed by atoms with Gasteiger partial charge in [0.25, 0.3) is 11.1 Å². The molecule has 190 valence electrons. The SMILES string of the molecule is CCOc1cc(/C=C2\SC(=O)N(CC(=O)Nc3ccc(OC)cc3)C2=O)cc(Br)c1OCC(=O)OC. The van der Waals surface area contributed by atoms with E-state index in [0.717, 1.165) is 16.7 Å².